The monoisotopic (exact) mass is 277 g/mol. The lowest BCUT2D eigenvalue weighted by molar-refractivity contribution is -1.92. The summed E-state index contributed by atoms with van der Waals surface area (Å²) >= 11 is 0. The molecule has 0 aromatic carbocycles. The number of hydrogen-bond acceptors (Lipinski definition) is 5. The van der Waals surface area contributed by atoms with Gasteiger partial charge in [-0.2, -0.15) is 14.0 Å². The highest BCUT2D eigenvalue weighted by Gasteiger charge is 2.35. The van der Waals surface area contributed by atoms with Crippen LogP contribution in [0.3, 0.4) is 0 Å². The molecule has 2 bridgehead atoms. The van der Waals surface area contributed by atoms with Crippen LogP contribution < -0.4 is 14.0 Å². The van der Waals surface area contributed by atoms with Crippen molar-refractivity contribution in [3.8, 4) is 0 Å². The summed E-state index contributed by atoms with van der Waals surface area (Å²) in [6.45, 7) is 2.68. The van der Waals surface area contributed by atoms with E-state index in [9.17, 15) is 0 Å². The standard InChI is InChI=1S/C12H19N.ClHO4/c1-2-6-13(7-3-1)12-9-10-4-5-11(12)8-10;2-1(3,4)5/h9-11H,1-8H2;(H,2,3,4,5). The SMILES string of the molecule is C1=C(N2CCCCC2)C2CCC1C2.[O-][Cl+3]([O-])([O-])O. The van der Waals surface area contributed by atoms with E-state index >= 15 is 0 Å². The molecule has 2 atom stereocenters. The van der Waals surface area contributed by atoms with E-state index in [1.165, 1.54) is 51.6 Å². The molecule has 0 amide bonds. The van der Waals surface area contributed by atoms with Gasteiger partial charge >= 0.3 is 0 Å². The minimum atomic E-state index is -4.69. The van der Waals surface area contributed by atoms with Gasteiger partial charge in [0.1, 0.15) is 0 Å². The molecular formula is C12H20ClNO4. The number of halogens is 1. The Bertz CT molecular complexity index is 304. The molecule has 1 aliphatic heterocycles. The van der Waals surface area contributed by atoms with E-state index in [0.717, 1.165) is 11.8 Å². The van der Waals surface area contributed by atoms with Gasteiger partial charge in [-0.1, -0.05) is 6.08 Å². The Balaban J connectivity index is 0.000000209. The maximum atomic E-state index is 8.60. The average Bonchev–Trinajstić information content (AvgIpc) is 2.89. The average molecular weight is 278 g/mol. The van der Waals surface area contributed by atoms with Crippen LogP contribution in [0.15, 0.2) is 11.8 Å². The van der Waals surface area contributed by atoms with Crippen LogP contribution in [0.4, 0.5) is 0 Å². The molecule has 2 aliphatic carbocycles. The molecule has 0 aromatic heterocycles. The van der Waals surface area contributed by atoms with Crippen LogP contribution in [-0.2, 0) is 0 Å². The van der Waals surface area contributed by atoms with Gasteiger partial charge in [0, 0.05) is 18.8 Å². The van der Waals surface area contributed by atoms with Crippen LogP contribution in [0.1, 0.15) is 38.5 Å². The van der Waals surface area contributed by atoms with Gasteiger partial charge in [-0.15, -0.1) is 0 Å². The minimum Gasteiger partial charge on any atom is -0.375 e. The van der Waals surface area contributed by atoms with Crippen molar-refractivity contribution in [2.45, 2.75) is 38.5 Å². The normalized spacial score (nSPS) is 30.9. The van der Waals surface area contributed by atoms with Gasteiger partial charge in [0.25, 0.3) is 0 Å². The molecule has 0 spiro atoms. The summed E-state index contributed by atoms with van der Waals surface area (Å²) in [5.74, 6) is 1.92. The highest BCUT2D eigenvalue weighted by Crippen LogP contribution is 2.45. The van der Waals surface area contributed by atoms with Crippen molar-refractivity contribution < 1.29 is 28.9 Å². The first-order valence-electron chi connectivity index (χ1n) is 6.53. The van der Waals surface area contributed by atoms with Crippen LogP contribution in [0, 0.1) is 22.1 Å². The topological polar surface area (TPSA) is 92.7 Å². The largest absolute Gasteiger partial charge is 0.375 e. The zero-order valence-corrected chi connectivity index (χ0v) is 11.1. The van der Waals surface area contributed by atoms with Crippen LogP contribution in [0.5, 0.6) is 0 Å². The Morgan fingerprint density at radius 3 is 2.17 bits per heavy atom. The molecule has 6 heteroatoms. The second kappa shape index (κ2) is 5.75. The van der Waals surface area contributed by atoms with Gasteiger partial charge in [-0.3, -0.25) is 0 Å². The summed E-state index contributed by atoms with van der Waals surface area (Å²) in [5.41, 5.74) is 1.73. The third-order valence-corrected chi connectivity index (χ3v) is 4.02. The van der Waals surface area contributed by atoms with Gasteiger partial charge in [-0.25, -0.2) is 0 Å². The highest BCUT2D eigenvalue weighted by atomic mass is 35.7. The molecule has 104 valence electrons. The zero-order valence-electron chi connectivity index (χ0n) is 10.4. The van der Waals surface area contributed by atoms with Crippen LogP contribution in [-0.4, -0.2) is 22.6 Å². The number of rotatable bonds is 1. The molecule has 1 saturated heterocycles. The molecule has 1 saturated carbocycles. The lowest BCUT2D eigenvalue weighted by Crippen LogP contribution is -2.58. The van der Waals surface area contributed by atoms with E-state index in [1.54, 1.807) is 5.70 Å². The summed E-state index contributed by atoms with van der Waals surface area (Å²) in [5, 5.41) is 0. The summed E-state index contributed by atoms with van der Waals surface area (Å²) in [4.78, 5) is 2.67. The molecule has 0 aromatic rings. The number of hydrogen-bond donors (Lipinski definition) is 1. The number of fused-ring (bicyclic) bond motifs is 2. The van der Waals surface area contributed by atoms with Gasteiger partial charge in [0.05, 0.1) is 14.9 Å². The Labute approximate surface area is 109 Å². The van der Waals surface area contributed by atoms with E-state index in [4.69, 9.17) is 18.6 Å². The third kappa shape index (κ3) is 4.10. The van der Waals surface area contributed by atoms with Crippen LogP contribution in [0.25, 0.3) is 0 Å². The Morgan fingerprint density at radius 2 is 1.72 bits per heavy atom. The highest BCUT2D eigenvalue weighted by molar-refractivity contribution is 5.18. The Morgan fingerprint density at radius 1 is 1.11 bits per heavy atom. The molecule has 2 unspecified atom stereocenters. The van der Waals surface area contributed by atoms with Crippen molar-refractivity contribution in [1.82, 2.24) is 4.90 Å². The number of likely N-dealkylation sites (tertiary alicyclic amines) is 1. The molecule has 3 aliphatic rings. The quantitative estimate of drug-likeness (QED) is 0.641. The predicted molar refractivity (Wildman–Crippen MR) is 56.6 cm³/mol. The molecule has 0 radical (unpaired) electrons. The second-order valence-corrected chi connectivity index (χ2v) is 6.10. The van der Waals surface area contributed by atoms with E-state index < -0.39 is 10.2 Å². The first kappa shape index (κ1) is 14.1. The molecule has 5 nitrogen and oxygen atoms in total. The first-order valence-corrected chi connectivity index (χ1v) is 7.80. The molecule has 1 heterocycles. The van der Waals surface area contributed by atoms with Crippen molar-refractivity contribution in [1.29, 1.82) is 0 Å². The Kier molecular flexibility index (Phi) is 4.50. The van der Waals surface area contributed by atoms with Crippen molar-refractivity contribution in [3.05, 3.63) is 11.8 Å². The molecule has 2 fully saturated rings. The van der Waals surface area contributed by atoms with Gasteiger partial charge in [0.15, 0.2) is 0 Å². The van der Waals surface area contributed by atoms with E-state index in [0.29, 0.717) is 0 Å². The summed E-state index contributed by atoms with van der Waals surface area (Å²) in [6.07, 6.45) is 11.3. The van der Waals surface area contributed by atoms with Crippen LogP contribution in [0.2, 0.25) is 0 Å². The molecular weight excluding hydrogens is 258 g/mol. The molecule has 1 N–H and O–H groups in total. The fourth-order valence-electron chi connectivity index (χ4n) is 3.33. The van der Waals surface area contributed by atoms with Crippen LogP contribution >= 0.6 is 0 Å². The van der Waals surface area contributed by atoms with Crippen molar-refractivity contribution in [2.24, 2.45) is 11.8 Å². The summed E-state index contributed by atoms with van der Waals surface area (Å²) in [6, 6.07) is 0. The molecule has 3 rings (SSSR count). The fourth-order valence-corrected chi connectivity index (χ4v) is 3.33. The predicted octanol–water partition coefficient (Wildman–Crippen LogP) is -1.34. The fraction of sp³-hybridized carbons (Fsp3) is 0.833. The Hall–Kier alpha value is -0.330. The van der Waals surface area contributed by atoms with Crippen molar-refractivity contribution in [2.75, 3.05) is 13.1 Å². The van der Waals surface area contributed by atoms with Crippen molar-refractivity contribution in [3.63, 3.8) is 0 Å². The van der Waals surface area contributed by atoms with Gasteiger partial charge in [0.2, 0.25) is 0 Å². The molecule has 18 heavy (non-hydrogen) atoms. The number of nitrogens with zero attached hydrogens (tertiary/aromatic N) is 1. The third-order valence-electron chi connectivity index (χ3n) is 4.02. The number of piperidine rings is 1. The minimum absolute atomic E-state index is 0.960. The first-order chi connectivity index (χ1) is 8.43. The zero-order chi connectivity index (χ0) is 13.2. The second-order valence-electron chi connectivity index (χ2n) is 5.31. The smallest absolute Gasteiger partial charge is 0.0777 e. The van der Waals surface area contributed by atoms with E-state index in [2.05, 4.69) is 11.0 Å². The van der Waals surface area contributed by atoms with Gasteiger partial charge in [-0.05, 0) is 50.4 Å². The lowest BCUT2D eigenvalue weighted by Gasteiger charge is -2.33. The van der Waals surface area contributed by atoms with Gasteiger partial charge < -0.3 is 4.90 Å². The lowest BCUT2D eigenvalue weighted by atomic mass is 10.0. The van der Waals surface area contributed by atoms with E-state index in [1.807, 2.05) is 0 Å². The maximum absolute atomic E-state index is 8.60. The summed E-state index contributed by atoms with van der Waals surface area (Å²) in [7, 11) is -4.69. The van der Waals surface area contributed by atoms with Crippen molar-refractivity contribution >= 4 is 0 Å². The number of allylic oxidation sites excluding steroid dienone is 2. The maximum Gasteiger partial charge on any atom is 0.0777 e. The summed E-state index contributed by atoms with van der Waals surface area (Å²) < 4.78 is 32.7. The van der Waals surface area contributed by atoms with E-state index in [-0.39, 0.29) is 0 Å².